The molecule has 0 radical (unpaired) electrons. The zero-order valence-corrected chi connectivity index (χ0v) is 11.5. The fraction of sp³-hybridized carbons (Fsp3) is 0.583. The molecule has 0 spiro atoms. The molecule has 1 aliphatic rings. The molecule has 0 bridgehead atoms. The zero-order valence-electron chi connectivity index (χ0n) is 10.7. The van der Waals surface area contributed by atoms with Crippen molar-refractivity contribution in [2.24, 2.45) is 5.41 Å². The van der Waals surface area contributed by atoms with Crippen LogP contribution in [0.5, 0.6) is 0 Å². The Bertz CT molecular complexity index is 569. The monoisotopic (exact) mass is 287 g/mol. The molecule has 1 aromatic heterocycles. The summed E-state index contributed by atoms with van der Waals surface area (Å²) >= 11 is 0. The van der Waals surface area contributed by atoms with Gasteiger partial charge in [0.15, 0.2) is 0 Å². The van der Waals surface area contributed by atoms with E-state index in [1.54, 1.807) is 0 Å². The second-order valence-corrected chi connectivity index (χ2v) is 6.96. The van der Waals surface area contributed by atoms with Gasteiger partial charge in [-0.05, 0) is 30.4 Å². The summed E-state index contributed by atoms with van der Waals surface area (Å²) < 4.78 is 31.2. The number of carbonyl (C=O) groups is 1. The minimum atomic E-state index is -3.78. The van der Waals surface area contributed by atoms with Gasteiger partial charge in [-0.2, -0.15) is 0 Å². The van der Waals surface area contributed by atoms with Crippen molar-refractivity contribution in [2.45, 2.75) is 37.7 Å². The second-order valence-electron chi connectivity index (χ2n) is 5.27. The van der Waals surface area contributed by atoms with Crippen LogP contribution >= 0.6 is 0 Å². The summed E-state index contributed by atoms with van der Waals surface area (Å²) in [6, 6.07) is 2.29. The van der Waals surface area contributed by atoms with Crippen molar-refractivity contribution in [3.63, 3.8) is 0 Å². The highest BCUT2D eigenvalue weighted by Crippen LogP contribution is 2.37. The predicted molar refractivity (Wildman–Crippen MR) is 67.4 cm³/mol. The van der Waals surface area contributed by atoms with E-state index >= 15 is 0 Å². The molecule has 1 fully saturated rings. The van der Waals surface area contributed by atoms with Crippen LogP contribution in [0.15, 0.2) is 21.6 Å². The average Bonchev–Trinajstić information content (AvgIpc) is 2.96. The van der Waals surface area contributed by atoms with Crippen molar-refractivity contribution in [3.8, 4) is 0 Å². The van der Waals surface area contributed by atoms with E-state index in [-0.39, 0.29) is 16.3 Å². The van der Waals surface area contributed by atoms with E-state index in [0.717, 1.165) is 37.8 Å². The molecule has 19 heavy (non-hydrogen) atoms. The molecule has 2 rings (SSSR count). The third-order valence-electron chi connectivity index (χ3n) is 3.56. The summed E-state index contributed by atoms with van der Waals surface area (Å²) in [5, 5.41) is 8.34. The number of rotatable bonds is 5. The number of hydrogen-bond donors (Lipinski definition) is 2. The summed E-state index contributed by atoms with van der Waals surface area (Å²) in [5.41, 5.74) is -0.0186. The molecular weight excluding hydrogens is 270 g/mol. The molecule has 0 saturated heterocycles. The largest absolute Gasteiger partial charge is 0.475 e. The number of carboxylic acid groups (broad SMARTS) is 1. The van der Waals surface area contributed by atoms with Gasteiger partial charge in [0.25, 0.3) is 10.0 Å². The van der Waals surface area contributed by atoms with Gasteiger partial charge >= 0.3 is 5.97 Å². The molecule has 6 nitrogen and oxygen atoms in total. The minimum absolute atomic E-state index is 0.0186. The molecule has 1 saturated carbocycles. The number of hydrogen-bond acceptors (Lipinski definition) is 4. The Kier molecular flexibility index (Phi) is 3.69. The fourth-order valence-electron chi connectivity index (χ4n) is 2.33. The van der Waals surface area contributed by atoms with Gasteiger partial charge in [0.2, 0.25) is 10.9 Å². The molecular formula is C12H17NO5S. The Labute approximate surface area is 111 Å². The Balaban J connectivity index is 2.07. The van der Waals surface area contributed by atoms with Crippen LogP contribution in [0.4, 0.5) is 0 Å². The Morgan fingerprint density at radius 2 is 2.05 bits per heavy atom. The summed E-state index contributed by atoms with van der Waals surface area (Å²) in [6.07, 6.45) is 4.21. The highest BCUT2D eigenvalue weighted by molar-refractivity contribution is 7.89. The summed E-state index contributed by atoms with van der Waals surface area (Å²) in [6.45, 7) is 2.39. The van der Waals surface area contributed by atoms with Crippen LogP contribution in [0.25, 0.3) is 0 Å². The van der Waals surface area contributed by atoms with Gasteiger partial charge in [0.05, 0.1) is 0 Å². The molecule has 106 valence electrons. The number of carboxylic acids is 1. The van der Waals surface area contributed by atoms with Crippen molar-refractivity contribution < 1.29 is 22.7 Å². The molecule has 1 aliphatic carbocycles. The first-order chi connectivity index (χ1) is 8.82. The Morgan fingerprint density at radius 3 is 2.58 bits per heavy atom. The number of sulfonamides is 1. The second kappa shape index (κ2) is 4.97. The van der Waals surface area contributed by atoms with Crippen LogP contribution in [0.1, 0.15) is 43.2 Å². The van der Waals surface area contributed by atoms with E-state index in [0.29, 0.717) is 6.54 Å². The van der Waals surface area contributed by atoms with E-state index in [1.807, 2.05) is 6.92 Å². The molecule has 2 N–H and O–H groups in total. The first kappa shape index (κ1) is 14.1. The highest BCUT2D eigenvalue weighted by atomic mass is 32.2. The van der Waals surface area contributed by atoms with Gasteiger partial charge in [-0.15, -0.1) is 0 Å². The third kappa shape index (κ3) is 3.16. The van der Waals surface area contributed by atoms with E-state index < -0.39 is 16.0 Å². The van der Waals surface area contributed by atoms with E-state index in [9.17, 15) is 13.2 Å². The molecule has 0 aliphatic heterocycles. The van der Waals surface area contributed by atoms with Crippen LogP contribution in [0.3, 0.4) is 0 Å². The van der Waals surface area contributed by atoms with Crippen molar-refractivity contribution in [1.82, 2.24) is 4.72 Å². The third-order valence-corrected chi connectivity index (χ3v) is 4.83. The molecule has 0 atom stereocenters. The van der Waals surface area contributed by atoms with Crippen LogP contribution < -0.4 is 4.72 Å². The minimum Gasteiger partial charge on any atom is -0.475 e. The predicted octanol–water partition coefficient (Wildman–Crippen LogP) is 1.84. The van der Waals surface area contributed by atoms with Gasteiger partial charge in [-0.25, -0.2) is 17.9 Å². The molecule has 0 amide bonds. The normalized spacial score (nSPS) is 18.6. The lowest BCUT2D eigenvalue weighted by Crippen LogP contribution is -2.33. The van der Waals surface area contributed by atoms with Crippen LogP contribution in [-0.2, 0) is 10.0 Å². The maximum Gasteiger partial charge on any atom is 0.371 e. The standard InChI is InChI=1S/C12H17NO5S/c1-12(6-2-3-7-12)8-13-19(16,17)10-5-4-9(18-10)11(14)15/h4-5,13H,2-3,6-8H2,1H3,(H,14,15). The lowest BCUT2D eigenvalue weighted by atomic mass is 9.89. The molecule has 1 aromatic rings. The number of aromatic carboxylic acids is 1. The van der Waals surface area contributed by atoms with Crippen molar-refractivity contribution in [2.75, 3.05) is 6.54 Å². The van der Waals surface area contributed by atoms with Crippen molar-refractivity contribution >= 4 is 16.0 Å². The van der Waals surface area contributed by atoms with Crippen LogP contribution in [-0.4, -0.2) is 26.0 Å². The number of furan rings is 1. The maximum atomic E-state index is 12.0. The maximum absolute atomic E-state index is 12.0. The lowest BCUT2D eigenvalue weighted by molar-refractivity contribution is 0.0656. The smallest absolute Gasteiger partial charge is 0.371 e. The summed E-state index contributed by atoms with van der Waals surface area (Å²) in [4.78, 5) is 10.7. The number of nitrogens with one attached hydrogen (secondary N) is 1. The molecule has 1 heterocycles. The zero-order chi connectivity index (χ0) is 14.1. The van der Waals surface area contributed by atoms with Gasteiger partial charge in [0, 0.05) is 6.54 Å². The van der Waals surface area contributed by atoms with Gasteiger partial charge in [0.1, 0.15) is 0 Å². The molecule has 0 aromatic carbocycles. The molecule has 7 heteroatoms. The molecule has 0 unspecified atom stereocenters. The van der Waals surface area contributed by atoms with Crippen molar-refractivity contribution in [3.05, 3.63) is 17.9 Å². The van der Waals surface area contributed by atoms with Gasteiger partial charge in [-0.1, -0.05) is 19.8 Å². The SMILES string of the molecule is CC1(CNS(=O)(=O)c2ccc(C(=O)O)o2)CCCC1. The average molecular weight is 287 g/mol. The highest BCUT2D eigenvalue weighted by Gasteiger charge is 2.31. The van der Waals surface area contributed by atoms with E-state index in [2.05, 4.69) is 4.72 Å². The fourth-order valence-corrected chi connectivity index (χ4v) is 3.45. The lowest BCUT2D eigenvalue weighted by Gasteiger charge is -2.23. The van der Waals surface area contributed by atoms with E-state index in [4.69, 9.17) is 9.52 Å². The Hall–Kier alpha value is -1.34. The summed E-state index contributed by atoms with van der Waals surface area (Å²) in [5.74, 6) is -1.67. The quantitative estimate of drug-likeness (QED) is 0.861. The van der Waals surface area contributed by atoms with Crippen LogP contribution in [0, 0.1) is 5.41 Å². The first-order valence-corrected chi connectivity index (χ1v) is 7.64. The first-order valence-electron chi connectivity index (χ1n) is 6.15. The van der Waals surface area contributed by atoms with Gasteiger partial charge < -0.3 is 9.52 Å². The van der Waals surface area contributed by atoms with Crippen LogP contribution in [0.2, 0.25) is 0 Å². The van der Waals surface area contributed by atoms with Gasteiger partial charge in [-0.3, -0.25) is 0 Å². The van der Waals surface area contributed by atoms with Crippen molar-refractivity contribution in [1.29, 1.82) is 0 Å². The topological polar surface area (TPSA) is 96.6 Å². The Morgan fingerprint density at radius 1 is 1.42 bits per heavy atom. The summed E-state index contributed by atoms with van der Waals surface area (Å²) in [7, 11) is -3.78. The van der Waals surface area contributed by atoms with E-state index in [1.165, 1.54) is 0 Å².